The van der Waals surface area contributed by atoms with E-state index in [0.29, 0.717) is 12.2 Å². The molecule has 0 saturated carbocycles. The maximum absolute atomic E-state index is 12.3. The van der Waals surface area contributed by atoms with E-state index < -0.39 is 11.7 Å². The topological polar surface area (TPSA) is 12.0 Å². The first-order valence-corrected chi connectivity index (χ1v) is 5.42. The van der Waals surface area contributed by atoms with E-state index in [1.807, 2.05) is 30.3 Å². The average molecular weight is 250 g/mol. The molecule has 1 nitrogen and oxygen atoms in total. The van der Waals surface area contributed by atoms with Crippen molar-refractivity contribution in [3.05, 3.63) is 65.7 Å². The van der Waals surface area contributed by atoms with Crippen molar-refractivity contribution in [2.75, 3.05) is 5.32 Å². The van der Waals surface area contributed by atoms with Crippen molar-refractivity contribution < 1.29 is 13.2 Å². The summed E-state index contributed by atoms with van der Waals surface area (Å²) in [7, 11) is 0. The molecule has 2 aromatic carbocycles. The van der Waals surface area contributed by atoms with Crippen molar-refractivity contribution in [1.29, 1.82) is 0 Å². The summed E-state index contributed by atoms with van der Waals surface area (Å²) in [4.78, 5) is 0. The molecule has 2 aromatic rings. The van der Waals surface area contributed by atoms with Gasteiger partial charge in [0, 0.05) is 18.3 Å². The van der Waals surface area contributed by atoms with E-state index in [2.05, 4.69) is 11.4 Å². The van der Waals surface area contributed by atoms with Crippen molar-refractivity contribution in [2.24, 2.45) is 0 Å². The first-order chi connectivity index (χ1) is 8.55. The second-order valence-electron chi connectivity index (χ2n) is 3.83. The number of alkyl halides is 3. The Morgan fingerprint density at radius 1 is 1.00 bits per heavy atom. The van der Waals surface area contributed by atoms with Gasteiger partial charge in [-0.25, -0.2) is 0 Å². The van der Waals surface area contributed by atoms with Crippen molar-refractivity contribution in [3.8, 4) is 0 Å². The van der Waals surface area contributed by atoms with Gasteiger partial charge in [-0.05, 0) is 23.8 Å². The molecule has 93 valence electrons. The highest BCUT2D eigenvalue weighted by Crippen LogP contribution is 2.29. The normalized spacial score (nSPS) is 11.3. The van der Waals surface area contributed by atoms with Crippen LogP contribution in [0.25, 0.3) is 0 Å². The highest BCUT2D eigenvalue weighted by atomic mass is 19.4. The summed E-state index contributed by atoms with van der Waals surface area (Å²) in [6.07, 6.45) is -4.31. The Labute approximate surface area is 103 Å². The highest BCUT2D eigenvalue weighted by Gasteiger charge is 2.29. The number of halogens is 3. The van der Waals surface area contributed by atoms with Gasteiger partial charge in [-0.1, -0.05) is 30.3 Å². The van der Waals surface area contributed by atoms with Gasteiger partial charge in [0.15, 0.2) is 0 Å². The van der Waals surface area contributed by atoms with E-state index in [1.165, 1.54) is 6.07 Å². The summed E-state index contributed by atoms with van der Waals surface area (Å²) in [5, 5.41) is 3.02. The standard InChI is InChI=1S/C14H11F3N/c15-14(16,17)12-6-8-13(9-7-12)18-10-11-4-2-1-3-5-11/h1-8,18H,10H2. The van der Waals surface area contributed by atoms with E-state index in [4.69, 9.17) is 0 Å². The van der Waals surface area contributed by atoms with Crippen molar-refractivity contribution in [3.63, 3.8) is 0 Å². The molecule has 2 rings (SSSR count). The molecular weight excluding hydrogens is 239 g/mol. The Morgan fingerprint density at radius 3 is 2.28 bits per heavy atom. The van der Waals surface area contributed by atoms with E-state index in [1.54, 1.807) is 0 Å². The van der Waals surface area contributed by atoms with Gasteiger partial charge < -0.3 is 5.32 Å². The SMILES string of the molecule is FC(F)(F)c1c[c]c(NCc2ccccc2)cc1. The second kappa shape index (κ2) is 5.12. The van der Waals surface area contributed by atoms with E-state index in [-0.39, 0.29) is 0 Å². The molecule has 0 saturated heterocycles. The van der Waals surface area contributed by atoms with Crippen LogP contribution in [0, 0.1) is 6.07 Å². The summed E-state index contributed by atoms with van der Waals surface area (Å²) in [5.74, 6) is 0. The van der Waals surface area contributed by atoms with Gasteiger partial charge in [-0.2, -0.15) is 13.2 Å². The van der Waals surface area contributed by atoms with E-state index in [0.717, 1.165) is 17.7 Å². The third-order valence-electron chi connectivity index (χ3n) is 2.47. The van der Waals surface area contributed by atoms with E-state index in [9.17, 15) is 13.2 Å². The van der Waals surface area contributed by atoms with Crippen LogP contribution in [0.3, 0.4) is 0 Å². The zero-order valence-corrected chi connectivity index (χ0v) is 9.46. The summed E-state index contributed by atoms with van der Waals surface area (Å²) >= 11 is 0. The molecule has 4 heteroatoms. The first-order valence-electron chi connectivity index (χ1n) is 5.42. The molecular formula is C14H11F3N. The zero-order valence-electron chi connectivity index (χ0n) is 9.46. The first kappa shape index (κ1) is 12.5. The van der Waals surface area contributed by atoms with Gasteiger partial charge in [-0.3, -0.25) is 0 Å². The molecule has 0 fully saturated rings. The van der Waals surface area contributed by atoms with Crippen LogP contribution in [0.1, 0.15) is 11.1 Å². The van der Waals surface area contributed by atoms with Crippen LogP contribution in [0.5, 0.6) is 0 Å². The minimum absolute atomic E-state index is 0.548. The minimum Gasteiger partial charge on any atom is -0.380 e. The molecule has 0 spiro atoms. The summed E-state index contributed by atoms with van der Waals surface area (Å²) < 4.78 is 37.0. The van der Waals surface area contributed by atoms with E-state index >= 15 is 0 Å². The minimum atomic E-state index is -4.31. The number of benzene rings is 2. The predicted octanol–water partition coefficient (Wildman–Crippen LogP) is 4.12. The second-order valence-corrected chi connectivity index (χ2v) is 3.83. The molecule has 0 atom stereocenters. The molecule has 0 amide bonds. The van der Waals surface area contributed by atoms with Gasteiger partial charge in [-0.15, -0.1) is 0 Å². The lowest BCUT2D eigenvalue weighted by atomic mass is 10.2. The molecule has 0 unspecified atom stereocenters. The number of hydrogen-bond donors (Lipinski definition) is 1. The number of hydrogen-bond acceptors (Lipinski definition) is 1. The van der Waals surface area contributed by atoms with Crippen LogP contribution < -0.4 is 5.32 Å². The quantitative estimate of drug-likeness (QED) is 0.864. The summed E-state index contributed by atoms with van der Waals surface area (Å²) in [6.45, 7) is 0.558. The highest BCUT2D eigenvalue weighted by molar-refractivity contribution is 5.44. The van der Waals surface area contributed by atoms with Gasteiger partial charge in [0.25, 0.3) is 0 Å². The third kappa shape index (κ3) is 3.26. The molecule has 0 aliphatic carbocycles. The van der Waals surface area contributed by atoms with Gasteiger partial charge in [0.2, 0.25) is 0 Å². The Morgan fingerprint density at radius 2 is 1.72 bits per heavy atom. The number of nitrogens with one attached hydrogen (secondary N) is 1. The Hall–Kier alpha value is -1.97. The average Bonchev–Trinajstić information content (AvgIpc) is 2.37. The molecule has 18 heavy (non-hydrogen) atoms. The maximum atomic E-state index is 12.3. The fraction of sp³-hybridized carbons (Fsp3) is 0.143. The molecule has 1 N–H and O–H groups in total. The summed E-state index contributed by atoms with van der Waals surface area (Å²) in [5.41, 5.74) is 0.922. The lowest BCUT2D eigenvalue weighted by Gasteiger charge is -2.09. The van der Waals surface area contributed by atoms with Crippen molar-refractivity contribution in [1.82, 2.24) is 0 Å². The van der Waals surface area contributed by atoms with Crippen LogP contribution in [-0.4, -0.2) is 0 Å². The largest absolute Gasteiger partial charge is 0.416 e. The lowest BCUT2D eigenvalue weighted by Crippen LogP contribution is -2.05. The smallest absolute Gasteiger partial charge is 0.380 e. The van der Waals surface area contributed by atoms with Crippen LogP contribution in [-0.2, 0) is 12.7 Å². The number of rotatable bonds is 3. The Bertz CT molecular complexity index is 489. The molecule has 0 aliphatic rings. The van der Waals surface area contributed by atoms with Gasteiger partial charge >= 0.3 is 6.18 Å². The fourth-order valence-corrected chi connectivity index (χ4v) is 1.50. The van der Waals surface area contributed by atoms with Crippen molar-refractivity contribution >= 4 is 5.69 Å². The predicted molar refractivity (Wildman–Crippen MR) is 64.0 cm³/mol. The van der Waals surface area contributed by atoms with Crippen LogP contribution in [0.15, 0.2) is 48.5 Å². The molecule has 1 radical (unpaired) electrons. The van der Waals surface area contributed by atoms with Crippen LogP contribution >= 0.6 is 0 Å². The fourth-order valence-electron chi connectivity index (χ4n) is 1.50. The summed E-state index contributed by atoms with van der Waals surface area (Å²) in [6, 6.07) is 15.6. The lowest BCUT2D eigenvalue weighted by molar-refractivity contribution is -0.137. The monoisotopic (exact) mass is 250 g/mol. The Balaban J connectivity index is 1.99. The molecule has 0 heterocycles. The molecule has 0 bridgehead atoms. The Kier molecular flexibility index (Phi) is 3.55. The van der Waals surface area contributed by atoms with Crippen molar-refractivity contribution in [2.45, 2.75) is 12.7 Å². The van der Waals surface area contributed by atoms with Gasteiger partial charge in [0.05, 0.1) is 5.56 Å². The van der Waals surface area contributed by atoms with Crippen LogP contribution in [0.2, 0.25) is 0 Å². The number of anilines is 1. The molecule has 0 aromatic heterocycles. The van der Waals surface area contributed by atoms with Gasteiger partial charge in [0.1, 0.15) is 0 Å². The third-order valence-corrected chi connectivity index (χ3v) is 2.47. The molecule has 0 aliphatic heterocycles. The van der Waals surface area contributed by atoms with Crippen LogP contribution in [0.4, 0.5) is 18.9 Å². The zero-order chi connectivity index (χ0) is 13.0. The maximum Gasteiger partial charge on any atom is 0.416 e.